The van der Waals surface area contributed by atoms with E-state index in [1.807, 2.05) is 6.92 Å². The summed E-state index contributed by atoms with van der Waals surface area (Å²) in [6.45, 7) is 2.14. The molecule has 0 bridgehead atoms. The molecule has 0 radical (unpaired) electrons. The van der Waals surface area contributed by atoms with E-state index in [0.717, 1.165) is 12.7 Å². The van der Waals surface area contributed by atoms with Gasteiger partial charge >= 0.3 is 29.6 Å². The Morgan fingerprint density at radius 3 is 2.00 bits per heavy atom. The van der Waals surface area contributed by atoms with E-state index in [2.05, 4.69) is 4.18 Å². The molecule has 0 heterocycles. The van der Waals surface area contributed by atoms with Crippen LogP contribution in [0.5, 0.6) is 0 Å². The van der Waals surface area contributed by atoms with Crippen molar-refractivity contribution in [2.45, 2.75) is 13.3 Å². The molecule has 3 N–H and O–H groups in total. The zero-order chi connectivity index (χ0) is 6.62. The molecule has 0 aromatic carbocycles. The fourth-order valence-electron chi connectivity index (χ4n) is 0.235. The van der Waals surface area contributed by atoms with Crippen molar-refractivity contribution >= 4 is 10.1 Å². The smallest absolute Gasteiger partial charge is 1.00 e. The van der Waals surface area contributed by atoms with Crippen LogP contribution in [0.15, 0.2) is 0 Å². The predicted molar refractivity (Wildman–Crippen MR) is 37.2 cm³/mol. The van der Waals surface area contributed by atoms with Crippen LogP contribution in [-0.4, -0.2) is 21.3 Å². The molecular weight excluding hydrogens is 165 g/mol. The fraction of sp³-hybridized carbons (Fsp3) is 1.00. The molecule has 0 aliphatic rings. The molecule has 60 valence electrons. The van der Waals surface area contributed by atoms with E-state index in [4.69, 9.17) is 0 Å². The summed E-state index contributed by atoms with van der Waals surface area (Å²) in [5.41, 5.74) is 0. The molecule has 0 rings (SSSR count). The summed E-state index contributed by atoms with van der Waals surface area (Å²) in [6.07, 6.45) is 1.77. The van der Waals surface area contributed by atoms with Gasteiger partial charge in [-0.25, -0.2) is 0 Å². The number of hydrogen-bond donors (Lipinski definition) is 1. The molecular formula is C4H14NNaO3S. The van der Waals surface area contributed by atoms with E-state index < -0.39 is 10.1 Å². The van der Waals surface area contributed by atoms with Gasteiger partial charge in [-0.15, -0.1) is 0 Å². The Labute approximate surface area is 85.8 Å². The van der Waals surface area contributed by atoms with Crippen molar-refractivity contribution in [1.82, 2.24) is 6.15 Å². The van der Waals surface area contributed by atoms with Crippen molar-refractivity contribution in [3.63, 3.8) is 0 Å². The predicted octanol–water partition coefficient (Wildman–Crippen LogP) is -2.35. The molecule has 0 amide bonds. The van der Waals surface area contributed by atoms with Gasteiger partial charge in [0.2, 0.25) is 0 Å². The van der Waals surface area contributed by atoms with Crippen LogP contribution in [0.2, 0.25) is 0 Å². The minimum absolute atomic E-state index is 0. The van der Waals surface area contributed by atoms with Crippen LogP contribution in [0.3, 0.4) is 0 Å². The summed E-state index contributed by atoms with van der Waals surface area (Å²) in [6, 6.07) is 0. The van der Waals surface area contributed by atoms with E-state index in [1.54, 1.807) is 0 Å². The van der Waals surface area contributed by atoms with Crippen LogP contribution < -0.4 is 35.7 Å². The maximum atomic E-state index is 10.2. The average molecular weight is 179 g/mol. The monoisotopic (exact) mass is 179 g/mol. The summed E-state index contributed by atoms with van der Waals surface area (Å²) in [7, 11) is -3.19. The van der Waals surface area contributed by atoms with Crippen molar-refractivity contribution in [2.24, 2.45) is 0 Å². The third-order valence-corrected chi connectivity index (χ3v) is 1.10. The molecule has 10 heavy (non-hydrogen) atoms. The van der Waals surface area contributed by atoms with Gasteiger partial charge in [0.25, 0.3) is 10.1 Å². The van der Waals surface area contributed by atoms with Crippen LogP contribution in [0.4, 0.5) is 0 Å². The van der Waals surface area contributed by atoms with Gasteiger partial charge < -0.3 is 7.58 Å². The third-order valence-electron chi connectivity index (χ3n) is 0.502. The first-order valence-electron chi connectivity index (χ1n) is 2.40. The SMILES string of the molecule is CCCOS(C)(=O)=O.N.[H-].[Na+]. The summed E-state index contributed by atoms with van der Waals surface area (Å²) in [4.78, 5) is 0. The van der Waals surface area contributed by atoms with Crippen LogP contribution in [0.25, 0.3) is 0 Å². The van der Waals surface area contributed by atoms with E-state index in [1.165, 1.54) is 0 Å². The van der Waals surface area contributed by atoms with Gasteiger partial charge in [0, 0.05) is 0 Å². The Morgan fingerprint density at radius 2 is 1.90 bits per heavy atom. The second-order valence-corrected chi connectivity index (χ2v) is 3.17. The molecule has 0 saturated heterocycles. The van der Waals surface area contributed by atoms with E-state index in [0.29, 0.717) is 6.61 Å². The minimum atomic E-state index is -3.19. The van der Waals surface area contributed by atoms with Gasteiger partial charge in [-0.3, -0.25) is 4.18 Å². The van der Waals surface area contributed by atoms with Crippen molar-refractivity contribution in [2.75, 3.05) is 12.9 Å². The first kappa shape index (κ1) is 17.1. The molecule has 0 aromatic heterocycles. The Balaban J connectivity index is -0.0000000817. The van der Waals surface area contributed by atoms with Crippen molar-refractivity contribution in [3.8, 4) is 0 Å². The fourth-order valence-corrected chi connectivity index (χ4v) is 0.704. The topological polar surface area (TPSA) is 78.4 Å². The van der Waals surface area contributed by atoms with Crippen LogP contribution in [0, 0.1) is 0 Å². The van der Waals surface area contributed by atoms with Crippen molar-refractivity contribution < 1.29 is 43.6 Å². The van der Waals surface area contributed by atoms with Gasteiger partial charge in [-0.05, 0) is 6.42 Å². The molecule has 6 heteroatoms. The molecule has 0 aliphatic carbocycles. The molecule has 0 fully saturated rings. The molecule has 0 spiro atoms. The average Bonchev–Trinajstić information content (AvgIpc) is 1.59. The molecule has 0 atom stereocenters. The number of rotatable bonds is 3. The Morgan fingerprint density at radius 1 is 1.50 bits per heavy atom. The summed E-state index contributed by atoms with van der Waals surface area (Å²) in [5.74, 6) is 0. The van der Waals surface area contributed by atoms with Gasteiger partial charge in [0.05, 0.1) is 12.9 Å². The molecule has 0 aromatic rings. The minimum Gasteiger partial charge on any atom is -1.00 e. The second kappa shape index (κ2) is 7.97. The van der Waals surface area contributed by atoms with Gasteiger partial charge in [-0.1, -0.05) is 6.92 Å². The van der Waals surface area contributed by atoms with Crippen LogP contribution >= 0.6 is 0 Å². The summed E-state index contributed by atoms with van der Waals surface area (Å²) < 4.78 is 24.7. The van der Waals surface area contributed by atoms with Crippen molar-refractivity contribution in [1.29, 1.82) is 0 Å². The number of hydrogen-bond acceptors (Lipinski definition) is 4. The molecule has 4 nitrogen and oxygen atoms in total. The quantitative estimate of drug-likeness (QED) is 0.388. The second-order valence-electron chi connectivity index (χ2n) is 1.53. The first-order chi connectivity index (χ1) is 3.56. The first-order valence-corrected chi connectivity index (χ1v) is 4.22. The standard InChI is InChI=1S/C4H10O3S.H3N.Na.H/c1-3-4-7-8(2,5)6;;;/h3-4H2,1-2H3;1H3;;/q;;+1;-1. The maximum Gasteiger partial charge on any atom is 1.00 e. The maximum absolute atomic E-state index is 10.2. The summed E-state index contributed by atoms with van der Waals surface area (Å²) >= 11 is 0. The zero-order valence-corrected chi connectivity index (χ0v) is 9.57. The zero-order valence-electron chi connectivity index (χ0n) is 7.75. The largest absolute Gasteiger partial charge is 1.00 e. The van der Waals surface area contributed by atoms with Crippen LogP contribution in [0.1, 0.15) is 14.8 Å². The summed E-state index contributed by atoms with van der Waals surface area (Å²) in [5, 5.41) is 0. The molecule has 0 unspecified atom stereocenters. The van der Waals surface area contributed by atoms with Gasteiger partial charge in [-0.2, -0.15) is 8.42 Å². The van der Waals surface area contributed by atoms with E-state index >= 15 is 0 Å². The third kappa shape index (κ3) is 15.9. The van der Waals surface area contributed by atoms with Gasteiger partial charge in [0.1, 0.15) is 0 Å². The van der Waals surface area contributed by atoms with Gasteiger partial charge in [0.15, 0.2) is 0 Å². The molecule has 0 aliphatic heterocycles. The van der Waals surface area contributed by atoms with Crippen LogP contribution in [-0.2, 0) is 14.3 Å². The van der Waals surface area contributed by atoms with E-state index in [-0.39, 0.29) is 37.1 Å². The Kier molecular flexibility index (Phi) is 13.6. The van der Waals surface area contributed by atoms with Crippen molar-refractivity contribution in [3.05, 3.63) is 0 Å². The molecule has 0 saturated carbocycles. The normalized spacial score (nSPS) is 9.40. The Hall–Kier alpha value is 0.870. The van der Waals surface area contributed by atoms with E-state index in [9.17, 15) is 8.42 Å². The Bertz CT molecular complexity index is 149.